The van der Waals surface area contributed by atoms with Gasteiger partial charge < -0.3 is 9.47 Å². The first kappa shape index (κ1) is 17.1. The molecule has 0 fully saturated rings. The van der Waals surface area contributed by atoms with Gasteiger partial charge >= 0.3 is 5.97 Å². The van der Waals surface area contributed by atoms with Gasteiger partial charge in [0, 0.05) is 0 Å². The van der Waals surface area contributed by atoms with E-state index in [0.29, 0.717) is 22.6 Å². The third-order valence-electron chi connectivity index (χ3n) is 4.47. The van der Waals surface area contributed by atoms with Gasteiger partial charge in [-0.2, -0.15) is 0 Å². The van der Waals surface area contributed by atoms with Crippen molar-refractivity contribution in [3.63, 3.8) is 0 Å². The average molecular weight is 354 g/mol. The zero-order valence-corrected chi connectivity index (χ0v) is 15.3. The molecule has 0 aliphatic rings. The van der Waals surface area contributed by atoms with Crippen LogP contribution in [-0.4, -0.2) is 38.7 Å². The van der Waals surface area contributed by atoms with Crippen molar-refractivity contribution < 1.29 is 14.3 Å². The predicted molar refractivity (Wildman–Crippen MR) is 111 cm³/mol. The zero-order valence-electron chi connectivity index (χ0n) is 15.3. The summed E-state index contributed by atoms with van der Waals surface area (Å²) in [5, 5.41) is 0. The van der Waals surface area contributed by atoms with Crippen LogP contribution in [0.15, 0.2) is 54.6 Å². The third-order valence-corrected chi connectivity index (χ3v) is 4.47. The fraction of sp³-hybridized carbons (Fsp3) is 0.0500. The Kier molecular flexibility index (Phi) is 4.28. The molecule has 0 bridgehead atoms. The molecule has 4 aromatic rings. The number of nitrogens with zero attached hydrogens (tertiary/aromatic N) is 2. The quantitative estimate of drug-likeness (QED) is 0.233. The minimum atomic E-state index is -0.444. The van der Waals surface area contributed by atoms with Crippen molar-refractivity contribution >= 4 is 54.7 Å². The number of aromatic nitrogens is 2. The van der Waals surface area contributed by atoms with Crippen LogP contribution in [0.25, 0.3) is 22.1 Å². The van der Waals surface area contributed by atoms with E-state index >= 15 is 0 Å². The van der Waals surface area contributed by atoms with Gasteiger partial charge in [-0.25, -0.2) is 14.8 Å². The number of esters is 1. The van der Waals surface area contributed by atoms with Gasteiger partial charge in [0.05, 0.1) is 29.2 Å². The second kappa shape index (κ2) is 6.76. The van der Waals surface area contributed by atoms with Crippen LogP contribution < -0.4 is 20.4 Å². The van der Waals surface area contributed by atoms with Gasteiger partial charge in [-0.1, -0.05) is 23.7 Å². The number of benzene rings is 3. The van der Waals surface area contributed by atoms with Crippen molar-refractivity contribution in [1.82, 2.24) is 9.97 Å². The van der Waals surface area contributed by atoms with Gasteiger partial charge in [0.1, 0.15) is 27.0 Å². The summed E-state index contributed by atoms with van der Waals surface area (Å²) >= 11 is 0. The molecular weight excluding hydrogens is 338 g/mol. The third kappa shape index (κ3) is 3.12. The van der Waals surface area contributed by atoms with Crippen LogP contribution in [-0.2, 0) is 0 Å². The minimum absolute atomic E-state index is 0.440. The molecule has 1 aromatic heterocycles. The molecule has 27 heavy (non-hydrogen) atoms. The summed E-state index contributed by atoms with van der Waals surface area (Å²) in [5.41, 5.74) is 5.17. The lowest BCUT2D eigenvalue weighted by atomic mass is 9.85. The van der Waals surface area contributed by atoms with E-state index in [0.717, 1.165) is 27.5 Å². The number of para-hydroxylation sites is 2. The van der Waals surface area contributed by atoms with Crippen molar-refractivity contribution in [2.45, 2.75) is 0 Å². The van der Waals surface area contributed by atoms with Crippen LogP contribution in [0.3, 0.4) is 0 Å². The summed E-state index contributed by atoms with van der Waals surface area (Å²) < 4.78 is 10.9. The van der Waals surface area contributed by atoms with E-state index in [1.807, 2.05) is 46.0 Å². The molecule has 0 spiro atoms. The Morgan fingerprint density at radius 1 is 0.889 bits per heavy atom. The Balaban J connectivity index is 1.82. The van der Waals surface area contributed by atoms with Crippen LogP contribution in [0.4, 0.5) is 0 Å². The Bertz CT molecular complexity index is 1180. The molecule has 0 unspecified atom stereocenters. The molecule has 0 aliphatic carbocycles. The Morgan fingerprint density at radius 3 is 2.15 bits per heavy atom. The van der Waals surface area contributed by atoms with Gasteiger partial charge in [-0.05, 0) is 41.9 Å². The molecule has 0 amide bonds. The molecule has 0 saturated heterocycles. The first-order chi connectivity index (χ1) is 13.1. The summed E-state index contributed by atoms with van der Waals surface area (Å²) in [6, 6.07) is 16.4. The summed E-state index contributed by atoms with van der Waals surface area (Å²) in [6.07, 6.45) is 0. The lowest BCUT2D eigenvalue weighted by Gasteiger charge is -2.13. The first-order valence-electron chi connectivity index (χ1n) is 8.60. The monoisotopic (exact) mass is 354 g/mol. The van der Waals surface area contributed by atoms with Crippen LogP contribution in [0.2, 0.25) is 0 Å². The maximum absolute atomic E-state index is 12.6. The molecule has 0 aliphatic heterocycles. The lowest BCUT2D eigenvalue weighted by molar-refractivity contribution is 0.0738. The number of carbonyl (C=O) groups is 1. The topological polar surface area (TPSA) is 61.3 Å². The van der Waals surface area contributed by atoms with Gasteiger partial charge in [0.25, 0.3) is 0 Å². The standard InChI is InChI=1S/C20H16B2N2O3/c1-26-12-8-6-11(7-9-12)20(25)27-19-14(22)10-13(21)17-18(19)24-16-5-3-2-4-15(16)23-17/h2-10H,21-22H2,1H3. The van der Waals surface area contributed by atoms with E-state index in [4.69, 9.17) is 19.4 Å². The van der Waals surface area contributed by atoms with E-state index in [1.165, 1.54) is 0 Å². The summed E-state index contributed by atoms with van der Waals surface area (Å²) in [4.78, 5) is 22.1. The molecule has 5 nitrogen and oxygen atoms in total. The molecule has 0 radical (unpaired) electrons. The van der Waals surface area contributed by atoms with Gasteiger partial charge in [0.15, 0.2) is 5.75 Å². The van der Waals surface area contributed by atoms with Crippen molar-refractivity contribution in [1.29, 1.82) is 0 Å². The largest absolute Gasteiger partial charge is 0.497 e. The second-order valence-corrected chi connectivity index (χ2v) is 6.37. The number of rotatable bonds is 3. The highest BCUT2D eigenvalue weighted by Crippen LogP contribution is 2.23. The van der Waals surface area contributed by atoms with Crippen LogP contribution in [0.5, 0.6) is 11.5 Å². The molecule has 0 N–H and O–H groups in total. The van der Waals surface area contributed by atoms with E-state index < -0.39 is 5.97 Å². The van der Waals surface area contributed by atoms with Crippen LogP contribution >= 0.6 is 0 Å². The van der Waals surface area contributed by atoms with Crippen LogP contribution in [0.1, 0.15) is 10.4 Å². The molecule has 130 valence electrons. The fourth-order valence-electron chi connectivity index (χ4n) is 3.09. The molecular formula is C20H16B2N2O3. The smallest absolute Gasteiger partial charge is 0.343 e. The maximum Gasteiger partial charge on any atom is 0.343 e. The van der Waals surface area contributed by atoms with Gasteiger partial charge in [-0.3, -0.25) is 0 Å². The highest BCUT2D eigenvalue weighted by Gasteiger charge is 2.17. The number of hydrogen-bond donors (Lipinski definition) is 0. The Morgan fingerprint density at radius 2 is 1.52 bits per heavy atom. The fourth-order valence-corrected chi connectivity index (χ4v) is 3.09. The van der Waals surface area contributed by atoms with Crippen molar-refractivity contribution in [2.24, 2.45) is 0 Å². The number of methoxy groups -OCH3 is 1. The molecule has 0 saturated carbocycles. The normalized spacial score (nSPS) is 10.9. The highest BCUT2D eigenvalue weighted by atomic mass is 16.5. The molecule has 7 heteroatoms. The predicted octanol–water partition coefficient (Wildman–Crippen LogP) is 0.528. The maximum atomic E-state index is 12.6. The first-order valence-corrected chi connectivity index (χ1v) is 8.60. The van der Waals surface area contributed by atoms with Gasteiger partial charge in [-0.15, -0.1) is 0 Å². The Hall–Kier alpha value is -3.34. The lowest BCUT2D eigenvalue weighted by Crippen LogP contribution is -2.22. The summed E-state index contributed by atoms with van der Waals surface area (Å²) in [7, 11) is 5.46. The van der Waals surface area contributed by atoms with E-state index in [-0.39, 0.29) is 0 Å². The molecule has 3 aromatic carbocycles. The zero-order chi connectivity index (χ0) is 19.0. The summed E-state index contributed by atoms with van der Waals surface area (Å²) in [5.74, 6) is 0.677. The number of carbonyl (C=O) groups excluding carboxylic acids is 1. The Labute approximate surface area is 158 Å². The SMILES string of the molecule is Bc1cc(B)c2nc3ccccc3nc2c1OC(=O)c1ccc(OC)cc1. The van der Waals surface area contributed by atoms with E-state index in [2.05, 4.69) is 0 Å². The highest BCUT2D eigenvalue weighted by molar-refractivity contribution is 6.44. The molecule has 0 atom stereocenters. The molecule has 1 heterocycles. The molecule has 4 rings (SSSR count). The average Bonchev–Trinajstić information content (AvgIpc) is 2.70. The van der Waals surface area contributed by atoms with Crippen molar-refractivity contribution in [3.8, 4) is 11.5 Å². The number of fused-ring (bicyclic) bond motifs is 2. The summed E-state index contributed by atoms with van der Waals surface area (Å²) in [6.45, 7) is 0. The minimum Gasteiger partial charge on any atom is -0.497 e. The number of hydrogen-bond acceptors (Lipinski definition) is 5. The second-order valence-electron chi connectivity index (χ2n) is 6.37. The van der Waals surface area contributed by atoms with Crippen molar-refractivity contribution in [2.75, 3.05) is 7.11 Å². The van der Waals surface area contributed by atoms with Crippen molar-refractivity contribution in [3.05, 3.63) is 60.2 Å². The van der Waals surface area contributed by atoms with Gasteiger partial charge in [0.2, 0.25) is 0 Å². The van der Waals surface area contributed by atoms with E-state index in [9.17, 15) is 4.79 Å². The van der Waals surface area contributed by atoms with Crippen LogP contribution in [0, 0.1) is 0 Å². The van der Waals surface area contributed by atoms with E-state index in [1.54, 1.807) is 31.4 Å². The number of ether oxygens (including phenoxy) is 2.